The molecule has 0 spiro atoms. The Hall–Kier alpha value is -3.91. The number of nitrogens with zero attached hydrogens (tertiary/aromatic N) is 3. The van der Waals surface area contributed by atoms with Crippen molar-refractivity contribution in [1.29, 1.82) is 0 Å². The molecule has 2 N–H and O–H groups in total. The van der Waals surface area contributed by atoms with E-state index in [1.165, 1.54) is 24.2 Å². The largest absolute Gasteiger partial charge is 0.326 e. The van der Waals surface area contributed by atoms with Crippen molar-refractivity contribution in [3.63, 3.8) is 0 Å². The maximum Gasteiger partial charge on any atom is 0.234 e. The van der Waals surface area contributed by atoms with E-state index in [1.54, 1.807) is 24.3 Å². The van der Waals surface area contributed by atoms with E-state index in [2.05, 4.69) is 20.8 Å². The third-order valence-corrected chi connectivity index (χ3v) is 5.96. The molecule has 7 nitrogen and oxygen atoms in total. The summed E-state index contributed by atoms with van der Waals surface area (Å²) < 4.78 is 1.97. The number of rotatable bonds is 7. The van der Waals surface area contributed by atoms with Crippen molar-refractivity contribution >= 4 is 35.0 Å². The van der Waals surface area contributed by atoms with Crippen LogP contribution in [-0.4, -0.2) is 32.3 Å². The van der Waals surface area contributed by atoms with Gasteiger partial charge < -0.3 is 10.6 Å². The van der Waals surface area contributed by atoms with Gasteiger partial charge in [-0.3, -0.25) is 14.2 Å². The van der Waals surface area contributed by atoms with Crippen molar-refractivity contribution in [3.8, 4) is 17.1 Å². The predicted octanol–water partition coefficient (Wildman–Crippen LogP) is 5.24. The number of carbonyl (C=O) groups excluding carboxylic acids is 2. The summed E-state index contributed by atoms with van der Waals surface area (Å²) in [7, 11) is 0. The van der Waals surface area contributed by atoms with Gasteiger partial charge in [-0.15, -0.1) is 10.2 Å². The second kappa shape index (κ2) is 10.4. The molecule has 2 amide bonds. The summed E-state index contributed by atoms with van der Waals surface area (Å²) in [5, 5.41) is 15.0. The number of thioether (sulfide) groups is 1. The zero-order valence-electron chi connectivity index (χ0n) is 19.2. The lowest BCUT2D eigenvalue weighted by atomic mass is 10.1. The molecule has 1 aromatic heterocycles. The first kappa shape index (κ1) is 23.3. The lowest BCUT2D eigenvalue weighted by Gasteiger charge is -2.11. The van der Waals surface area contributed by atoms with Gasteiger partial charge in [0.2, 0.25) is 11.8 Å². The summed E-state index contributed by atoms with van der Waals surface area (Å²) in [5.41, 5.74) is 5.43. The summed E-state index contributed by atoms with van der Waals surface area (Å²) in [6.07, 6.45) is 0. The summed E-state index contributed by atoms with van der Waals surface area (Å²) in [6.45, 7) is 5.52. The number of hydrogen-bond acceptors (Lipinski definition) is 5. The number of hydrogen-bond donors (Lipinski definition) is 2. The first-order chi connectivity index (χ1) is 16.4. The van der Waals surface area contributed by atoms with Crippen LogP contribution >= 0.6 is 11.8 Å². The molecule has 0 fully saturated rings. The summed E-state index contributed by atoms with van der Waals surface area (Å²) in [5.74, 6) is 0.524. The van der Waals surface area contributed by atoms with E-state index in [9.17, 15) is 9.59 Å². The number of benzene rings is 3. The highest BCUT2D eigenvalue weighted by Crippen LogP contribution is 2.28. The van der Waals surface area contributed by atoms with E-state index < -0.39 is 0 Å². The molecule has 1 heterocycles. The van der Waals surface area contributed by atoms with Crippen LogP contribution < -0.4 is 10.6 Å². The second-order valence-electron chi connectivity index (χ2n) is 7.94. The summed E-state index contributed by atoms with van der Waals surface area (Å²) in [6, 6.07) is 23.3. The third-order valence-electron chi connectivity index (χ3n) is 5.03. The monoisotopic (exact) mass is 471 g/mol. The molecular weight excluding hydrogens is 446 g/mol. The first-order valence-electron chi connectivity index (χ1n) is 10.8. The van der Waals surface area contributed by atoms with Gasteiger partial charge in [-0.1, -0.05) is 65.4 Å². The van der Waals surface area contributed by atoms with Crippen molar-refractivity contribution in [2.24, 2.45) is 0 Å². The van der Waals surface area contributed by atoms with Gasteiger partial charge in [0, 0.05) is 29.5 Å². The number of aromatic nitrogens is 3. The second-order valence-corrected chi connectivity index (χ2v) is 8.88. The quantitative estimate of drug-likeness (QED) is 0.360. The molecule has 172 valence electrons. The number of amides is 2. The smallest absolute Gasteiger partial charge is 0.234 e. The highest BCUT2D eigenvalue weighted by Gasteiger charge is 2.17. The molecule has 0 saturated heterocycles. The summed E-state index contributed by atoms with van der Waals surface area (Å²) in [4.78, 5) is 23.9. The van der Waals surface area contributed by atoms with Crippen LogP contribution in [0.25, 0.3) is 17.1 Å². The molecule has 3 aromatic carbocycles. The van der Waals surface area contributed by atoms with Gasteiger partial charge >= 0.3 is 0 Å². The number of nitrogens with one attached hydrogen (secondary N) is 2. The molecule has 0 unspecified atom stereocenters. The fourth-order valence-corrected chi connectivity index (χ4v) is 4.14. The zero-order chi connectivity index (χ0) is 24.1. The van der Waals surface area contributed by atoms with Gasteiger partial charge in [-0.25, -0.2) is 0 Å². The van der Waals surface area contributed by atoms with Crippen LogP contribution in [0.4, 0.5) is 11.4 Å². The molecule has 0 aliphatic rings. The zero-order valence-corrected chi connectivity index (χ0v) is 20.0. The lowest BCUT2D eigenvalue weighted by Crippen LogP contribution is -2.15. The third kappa shape index (κ3) is 5.71. The summed E-state index contributed by atoms with van der Waals surface area (Å²) >= 11 is 1.31. The highest BCUT2D eigenvalue weighted by atomic mass is 32.2. The minimum atomic E-state index is -0.180. The van der Waals surface area contributed by atoms with E-state index in [-0.39, 0.29) is 17.6 Å². The number of carbonyl (C=O) groups is 2. The Morgan fingerprint density at radius 3 is 2.12 bits per heavy atom. The Bertz CT molecular complexity index is 1310. The lowest BCUT2D eigenvalue weighted by molar-refractivity contribution is -0.114. The predicted molar refractivity (Wildman–Crippen MR) is 136 cm³/mol. The molecule has 34 heavy (non-hydrogen) atoms. The van der Waals surface area contributed by atoms with Crippen LogP contribution in [0.1, 0.15) is 18.1 Å². The van der Waals surface area contributed by atoms with E-state index in [1.807, 2.05) is 66.9 Å². The van der Waals surface area contributed by atoms with Crippen LogP contribution in [0.3, 0.4) is 0 Å². The maximum atomic E-state index is 12.6. The SMILES string of the molecule is CC(=O)Nc1cccc(NC(=O)CSc2nnc(-c3ccc(C)cc3)n2-c2ccc(C)cc2)c1. The molecule has 4 rings (SSSR count). The van der Waals surface area contributed by atoms with E-state index in [4.69, 9.17) is 0 Å². The molecule has 0 saturated carbocycles. The van der Waals surface area contributed by atoms with Crippen molar-refractivity contribution in [1.82, 2.24) is 14.8 Å². The number of anilines is 2. The first-order valence-corrected chi connectivity index (χ1v) is 11.8. The highest BCUT2D eigenvalue weighted by molar-refractivity contribution is 7.99. The Morgan fingerprint density at radius 2 is 1.47 bits per heavy atom. The fourth-order valence-electron chi connectivity index (χ4n) is 3.38. The van der Waals surface area contributed by atoms with Crippen LogP contribution in [-0.2, 0) is 9.59 Å². The molecular formula is C26H25N5O2S. The van der Waals surface area contributed by atoms with Gasteiger partial charge in [0.15, 0.2) is 11.0 Å². The van der Waals surface area contributed by atoms with Crippen LogP contribution in [0, 0.1) is 13.8 Å². The van der Waals surface area contributed by atoms with E-state index in [0.717, 1.165) is 22.6 Å². The Labute approximate surface area is 202 Å². The minimum absolute atomic E-state index is 0.155. The van der Waals surface area contributed by atoms with Crippen molar-refractivity contribution in [2.45, 2.75) is 25.9 Å². The average Bonchev–Trinajstić information content (AvgIpc) is 3.22. The Morgan fingerprint density at radius 1 is 0.853 bits per heavy atom. The van der Waals surface area contributed by atoms with Crippen molar-refractivity contribution in [3.05, 3.63) is 83.9 Å². The van der Waals surface area contributed by atoms with Gasteiger partial charge in [0.05, 0.1) is 5.75 Å². The van der Waals surface area contributed by atoms with Gasteiger partial charge in [-0.05, 0) is 44.2 Å². The van der Waals surface area contributed by atoms with Crippen LogP contribution in [0.15, 0.2) is 78.0 Å². The van der Waals surface area contributed by atoms with Gasteiger partial charge in [0.25, 0.3) is 0 Å². The Kier molecular flexibility index (Phi) is 7.08. The van der Waals surface area contributed by atoms with Crippen LogP contribution in [0.5, 0.6) is 0 Å². The average molecular weight is 472 g/mol. The molecule has 0 radical (unpaired) electrons. The van der Waals surface area contributed by atoms with Crippen molar-refractivity contribution < 1.29 is 9.59 Å². The van der Waals surface area contributed by atoms with Gasteiger partial charge in [-0.2, -0.15) is 0 Å². The normalized spacial score (nSPS) is 10.7. The van der Waals surface area contributed by atoms with E-state index in [0.29, 0.717) is 16.5 Å². The molecule has 0 atom stereocenters. The van der Waals surface area contributed by atoms with Crippen molar-refractivity contribution in [2.75, 3.05) is 16.4 Å². The van der Waals surface area contributed by atoms with Gasteiger partial charge in [0.1, 0.15) is 0 Å². The number of aryl methyl sites for hydroxylation is 2. The minimum Gasteiger partial charge on any atom is -0.326 e. The fraction of sp³-hybridized carbons (Fsp3) is 0.154. The maximum absolute atomic E-state index is 12.6. The standard InChI is InChI=1S/C26H25N5O2S/c1-17-7-11-20(12-8-17)25-29-30-26(31(25)23-13-9-18(2)10-14-23)34-16-24(33)28-22-6-4-5-21(15-22)27-19(3)32/h4-15H,16H2,1-3H3,(H,27,32)(H,28,33). The topological polar surface area (TPSA) is 88.9 Å². The van der Waals surface area contributed by atoms with E-state index >= 15 is 0 Å². The molecule has 0 bridgehead atoms. The molecule has 8 heteroatoms. The van der Waals surface area contributed by atoms with Crippen LogP contribution in [0.2, 0.25) is 0 Å². The molecule has 4 aromatic rings. The molecule has 0 aliphatic heterocycles. The molecule has 0 aliphatic carbocycles. The Balaban J connectivity index is 1.55.